The van der Waals surface area contributed by atoms with Gasteiger partial charge in [0.05, 0.1) is 5.56 Å². The average molecular weight is 230 g/mol. The fraction of sp³-hybridized carbons (Fsp3) is 0.400. The van der Waals surface area contributed by atoms with E-state index >= 15 is 0 Å². The molecule has 1 saturated carbocycles. The van der Waals surface area contributed by atoms with Gasteiger partial charge in [-0.2, -0.15) is 13.2 Å². The van der Waals surface area contributed by atoms with E-state index in [4.69, 9.17) is 5.73 Å². The van der Waals surface area contributed by atoms with Crippen molar-refractivity contribution in [2.75, 3.05) is 0 Å². The summed E-state index contributed by atoms with van der Waals surface area (Å²) in [7, 11) is 0. The van der Waals surface area contributed by atoms with Gasteiger partial charge in [-0.1, -0.05) is 0 Å². The smallest absolute Gasteiger partial charge is 0.364 e. The Labute approximate surface area is 89.5 Å². The number of halogens is 3. The van der Waals surface area contributed by atoms with Crippen molar-refractivity contribution in [3.8, 4) is 0 Å². The quantitative estimate of drug-likeness (QED) is 0.845. The van der Waals surface area contributed by atoms with Crippen molar-refractivity contribution in [2.45, 2.75) is 24.9 Å². The Kier molecular flexibility index (Phi) is 2.36. The maximum absolute atomic E-state index is 12.5. The number of primary amides is 1. The first-order valence-corrected chi connectivity index (χ1v) is 4.77. The molecule has 0 saturated heterocycles. The zero-order valence-electron chi connectivity index (χ0n) is 8.21. The van der Waals surface area contributed by atoms with Crippen molar-refractivity contribution in [1.82, 2.24) is 4.98 Å². The second-order valence-electron chi connectivity index (χ2n) is 3.80. The van der Waals surface area contributed by atoms with Crippen molar-refractivity contribution >= 4 is 5.91 Å². The number of nitrogens with zero attached hydrogens (tertiary/aromatic N) is 1. The lowest BCUT2D eigenvalue weighted by molar-refractivity contribution is -0.137. The molecule has 1 aromatic rings. The van der Waals surface area contributed by atoms with Crippen LogP contribution < -0.4 is 5.73 Å². The van der Waals surface area contributed by atoms with Crippen LogP contribution in [0.3, 0.4) is 0 Å². The molecule has 86 valence electrons. The van der Waals surface area contributed by atoms with Gasteiger partial charge in [0.25, 0.3) is 5.91 Å². The Morgan fingerprint density at radius 2 is 2.00 bits per heavy atom. The van der Waals surface area contributed by atoms with E-state index in [1.807, 2.05) is 0 Å². The van der Waals surface area contributed by atoms with Crippen molar-refractivity contribution in [2.24, 2.45) is 5.73 Å². The molecule has 1 heterocycles. The van der Waals surface area contributed by atoms with Crippen LogP contribution in [0.2, 0.25) is 0 Å². The summed E-state index contributed by atoms with van der Waals surface area (Å²) >= 11 is 0. The molecule has 1 amide bonds. The van der Waals surface area contributed by atoms with Crippen LogP contribution in [0.1, 0.15) is 40.5 Å². The normalized spacial score (nSPS) is 16.2. The number of rotatable bonds is 2. The third-order valence-corrected chi connectivity index (χ3v) is 2.42. The molecule has 0 aromatic carbocycles. The lowest BCUT2D eigenvalue weighted by Gasteiger charge is -2.09. The number of carbonyl (C=O) groups is 1. The number of nitrogens with two attached hydrogens (primary N) is 1. The monoisotopic (exact) mass is 230 g/mol. The summed E-state index contributed by atoms with van der Waals surface area (Å²) in [4.78, 5) is 14.7. The van der Waals surface area contributed by atoms with E-state index in [0.717, 1.165) is 18.9 Å². The lowest BCUT2D eigenvalue weighted by Crippen LogP contribution is -2.16. The van der Waals surface area contributed by atoms with E-state index < -0.39 is 17.6 Å². The number of carbonyl (C=O) groups excluding carboxylic acids is 1. The second-order valence-corrected chi connectivity index (χ2v) is 3.80. The summed E-state index contributed by atoms with van der Waals surface area (Å²) in [5.74, 6) is -0.895. The van der Waals surface area contributed by atoms with Gasteiger partial charge in [-0.3, -0.25) is 4.79 Å². The maximum atomic E-state index is 12.5. The SMILES string of the molecule is NC(=O)c1cc(C(F)(F)F)cc(C2CC2)n1. The third-order valence-electron chi connectivity index (χ3n) is 2.42. The van der Waals surface area contributed by atoms with E-state index in [0.29, 0.717) is 11.8 Å². The molecular weight excluding hydrogens is 221 g/mol. The van der Waals surface area contributed by atoms with Crippen LogP contribution in [0.5, 0.6) is 0 Å². The minimum Gasteiger partial charge on any atom is -0.364 e. The lowest BCUT2D eigenvalue weighted by atomic mass is 10.1. The minimum atomic E-state index is -4.48. The maximum Gasteiger partial charge on any atom is 0.416 e. The minimum absolute atomic E-state index is 0.0420. The standard InChI is InChI=1S/C10H9F3N2O/c11-10(12,13)6-3-7(5-1-2-5)15-8(4-6)9(14)16/h3-5H,1-2H2,(H2,14,16). The molecule has 2 N–H and O–H groups in total. The van der Waals surface area contributed by atoms with Crippen LogP contribution in [0, 0.1) is 0 Å². The molecule has 1 aliphatic rings. The van der Waals surface area contributed by atoms with Crippen LogP contribution >= 0.6 is 0 Å². The van der Waals surface area contributed by atoms with Gasteiger partial charge in [-0.05, 0) is 25.0 Å². The highest BCUT2D eigenvalue weighted by atomic mass is 19.4. The fourth-order valence-corrected chi connectivity index (χ4v) is 1.43. The van der Waals surface area contributed by atoms with Crippen LogP contribution in [0.4, 0.5) is 13.2 Å². The second kappa shape index (κ2) is 3.47. The molecule has 0 aliphatic heterocycles. The van der Waals surface area contributed by atoms with Gasteiger partial charge in [-0.15, -0.1) is 0 Å². The van der Waals surface area contributed by atoms with E-state index in [9.17, 15) is 18.0 Å². The van der Waals surface area contributed by atoms with E-state index in [1.54, 1.807) is 0 Å². The predicted molar refractivity (Wildman–Crippen MR) is 49.7 cm³/mol. The van der Waals surface area contributed by atoms with E-state index in [2.05, 4.69) is 4.98 Å². The van der Waals surface area contributed by atoms with Gasteiger partial charge < -0.3 is 5.73 Å². The Bertz CT molecular complexity index is 438. The number of pyridine rings is 1. The highest BCUT2D eigenvalue weighted by Crippen LogP contribution is 2.41. The molecular formula is C10H9F3N2O. The topological polar surface area (TPSA) is 56.0 Å². The summed E-state index contributed by atoms with van der Waals surface area (Å²) in [6.07, 6.45) is -2.85. The molecule has 0 atom stereocenters. The molecule has 0 spiro atoms. The van der Waals surface area contributed by atoms with E-state index in [-0.39, 0.29) is 11.6 Å². The molecule has 2 rings (SSSR count). The summed E-state index contributed by atoms with van der Waals surface area (Å²) in [5.41, 5.74) is 4.07. The van der Waals surface area contributed by atoms with Gasteiger partial charge >= 0.3 is 6.18 Å². The molecule has 1 fully saturated rings. The number of hydrogen-bond acceptors (Lipinski definition) is 2. The first-order chi connectivity index (χ1) is 7.38. The van der Waals surface area contributed by atoms with Crippen molar-refractivity contribution in [3.05, 3.63) is 29.1 Å². The van der Waals surface area contributed by atoms with Crippen LogP contribution in [0.25, 0.3) is 0 Å². The van der Waals surface area contributed by atoms with Gasteiger partial charge in [0.15, 0.2) is 0 Å². The van der Waals surface area contributed by atoms with Crippen molar-refractivity contribution < 1.29 is 18.0 Å². The zero-order valence-corrected chi connectivity index (χ0v) is 8.21. The number of alkyl halides is 3. The number of amides is 1. The fourth-order valence-electron chi connectivity index (χ4n) is 1.43. The van der Waals surface area contributed by atoms with Crippen LogP contribution in [-0.2, 0) is 6.18 Å². The van der Waals surface area contributed by atoms with E-state index in [1.165, 1.54) is 0 Å². The Balaban J connectivity index is 2.48. The highest BCUT2D eigenvalue weighted by molar-refractivity contribution is 5.91. The Hall–Kier alpha value is -1.59. The summed E-state index contributed by atoms with van der Waals surface area (Å²) in [5, 5.41) is 0. The van der Waals surface area contributed by atoms with Gasteiger partial charge in [-0.25, -0.2) is 4.98 Å². The Morgan fingerprint density at radius 3 is 2.44 bits per heavy atom. The first-order valence-electron chi connectivity index (χ1n) is 4.77. The molecule has 1 aromatic heterocycles. The third kappa shape index (κ3) is 2.15. The zero-order chi connectivity index (χ0) is 11.9. The number of aromatic nitrogens is 1. The largest absolute Gasteiger partial charge is 0.416 e. The van der Waals surface area contributed by atoms with Crippen LogP contribution in [0.15, 0.2) is 12.1 Å². The summed E-state index contributed by atoms with van der Waals surface area (Å²) in [6, 6.07) is 1.68. The summed E-state index contributed by atoms with van der Waals surface area (Å²) in [6.45, 7) is 0. The van der Waals surface area contributed by atoms with Crippen molar-refractivity contribution in [1.29, 1.82) is 0 Å². The van der Waals surface area contributed by atoms with Crippen LogP contribution in [-0.4, -0.2) is 10.9 Å². The van der Waals surface area contributed by atoms with Gasteiger partial charge in [0.2, 0.25) is 0 Å². The molecule has 16 heavy (non-hydrogen) atoms. The van der Waals surface area contributed by atoms with Crippen molar-refractivity contribution in [3.63, 3.8) is 0 Å². The molecule has 0 bridgehead atoms. The molecule has 0 unspecified atom stereocenters. The molecule has 6 heteroatoms. The molecule has 3 nitrogen and oxygen atoms in total. The highest BCUT2D eigenvalue weighted by Gasteiger charge is 2.34. The van der Waals surface area contributed by atoms with Gasteiger partial charge in [0, 0.05) is 11.6 Å². The first kappa shape index (κ1) is 10.9. The number of hydrogen-bond donors (Lipinski definition) is 1. The molecule has 0 radical (unpaired) electrons. The summed E-state index contributed by atoms with van der Waals surface area (Å²) < 4.78 is 37.5. The molecule has 1 aliphatic carbocycles. The predicted octanol–water partition coefficient (Wildman–Crippen LogP) is 2.08. The van der Waals surface area contributed by atoms with Gasteiger partial charge in [0.1, 0.15) is 5.69 Å². The average Bonchev–Trinajstić information content (AvgIpc) is 2.98. The Morgan fingerprint density at radius 1 is 1.38 bits per heavy atom.